The van der Waals surface area contributed by atoms with Crippen molar-refractivity contribution in [2.45, 2.75) is 0 Å². The number of carbonyl (C=O) groups excluding carboxylic acids is 1. The van der Waals surface area contributed by atoms with Gasteiger partial charge in [0.15, 0.2) is 11.5 Å². The lowest BCUT2D eigenvalue weighted by Gasteiger charge is -2.07. The van der Waals surface area contributed by atoms with Gasteiger partial charge in [-0.2, -0.15) is 0 Å². The van der Waals surface area contributed by atoms with Crippen molar-refractivity contribution >= 4 is 12.4 Å². The van der Waals surface area contributed by atoms with E-state index in [1.165, 1.54) is 6.08 Å². The molecule has 0 amide bonds. The standard InChI is InChI=1S/C11H12O3.C2H6O/c1-13-10-6-5-9(4-3-7-12)8-11(10)14-2;1-3-2/h3-8H,1-2H3;1-2H3/b4-3+;. The van der Waals surface area contributed by atoms with Crippen LogP contribution in [0.2, 0.25) is 0 Å². The van der Waals surface area contributed by atoms with Gasteiger partial charge >= 0.3 is 0 Å². The molecule has 0 aromatic heterocycles. The molecule has 0 N–H and O–H groups in total. The van der Waals surface area contributed by atoms with Gasteiger partial charge in [-0.3, -0.25) is 4.79 Å². The van der Waals surface area contributed by atoms with Crippen molar-refractivity contribution in [1.82, 2.24) is 0 Å². The van der Waals surface area contributed by atoms with Crippen LogP contribution in [0.5, 0.6) is 11.5 Å². The summed E-state index contributed by atoms with van der Waals surface area (Å²) < 4.78 is 14.4. The summed E-state index contributed by atoms with van der Waals surface area (Å²) in [5.74, 6) is 1.33. The summed E-state index contributed by atoms with van der Waals surface area (Å²) in [5, 5.41) is 0. The van der Waals surface area contributed by atoms with Gasteiger partial charge in [-0.1, -0.05) is 12.1 Å². The fraction of sp³-hybridized carbons (Fsp3) is 0.308. The molecule has 0 unspecified atom stereocenters. The van der Waals surface area contributed by atoms with Crippen molar-refractivity contribution < 1.29 is 19.0 Å². The monoisotopic (exact) mass is 238 g/mol. The highest BCUT2D eigenvalue weighted by Crippen LogP contribution is 2.27. The van der Waals surface area contributed by atoms with E-state index in [9.17, 15) is 4.79 Å². The van der Waals surface area contributed by atoms with Crippen molar-refractivity contribution in [1.29, 1.82) is 0 Å². The molecule has 1 rings (SSSR count). The minimum atomic E-state index is 0.653. The Morgan fingerprint density at radius 1 is 1.00 bits per heavy atom. The molecule has 4 nitrogen and oxygen atoms in total. The van der Waals surface area contributed by atoms with Crippen LogP contribution in [0, 0.1) is 0 Å². The highest BCUT2D eigenvalue weighted by molar-refractivity contribution is 5.74. The van der Waals surface area contributed by atoms with E-state index < -0.39 is 0 Å². The molecular weight excluding hydrogens is 220 g/mol. The topological polar surface area (TPSA) is 44.8 Å². The Labute approximate surface area is 102 Å². The van der Waals surface area contributed by atoms with Crippen LogP contribution in [-0.2, 0) is 9.53 Å². The number of aldehydes is 1. The summed E-state index contributed by atoms with van der Waals surface area (Å²) in [6.07, 6.45) is 3.87. The quantitative estimate of drug-likeness (QED) is 0.595. The highest BCUT2D eigenvalue weighted by atomic mass is 16.5. The van der Waals surface area contributed by atoms with Crippen LogP contribution in [0.25, 0.3) is 6.08 Å². The Kier molecular flexibility index (Phi) is 8.42. The maximum Gasteiger partial charge on any atom is 0.161 e. The van der Waals surface area contributed by atoms with E-state index in [2.05, 4.69) is 4.74 Å². The second-order valence-electron chi connectivity index (χ2n) is 3.02. The molecule has 0 spiro atoms. The van der Waals surface area contributed by atoms with Crippen molar-refractivity contribution in [3.8, 4) is 11.5 Å². The van der Waals surface area contributed by atoms with Crippen molar-refractivity contribution in [2.75, 3.05) is 28.4 Å². The summed E-state index contributed by atoms with van der Waals surface area (Å²) in [6, 6.07) is 5.45. The van der Waals surface area contributed by atoms with E-state index in [1.807, 2.05) is 6.07 Å². The van der Waals surface area contributed by atoms with Gasteiger partial charge in [-0.15, -0.1) is 0 Å². The fourth-order valence-electron chi connectivity index (χ4n) is 1.11. The second-order valence-corrected chi connectivity index (χ2v) is 3.02. The summed E-state index contributed by atoms with van der Waals surface area (Å²) in [6.45, 7) is 0. The molecule has 0 fully saturated rings. The number of ether oxygens (including phenoxy) is 3. The van der Waals surface area contributed by atoms with E-state index in [0.29, 0.717) is 11.5 Å². The third kappa shape index (κ3) is 5.73. The van der Waals surface area contributed by atoms with E-state index in [4.69, 9.17) is 9.47 Å². The summed E-state index contributed by atoms with van der Waals surface area (Å²) in [5.41, 5.74) is 0.898. The Bertz CT molecular complexity index is 358. The Balaban J connectivity index is 0.000000770. The maximum absolute atomic E-state index is 10.1. The molecule has 4 heteroatoms. The zero-order chi connectivity index (χ0) is 13.1. The largest absolute Gasteiger partial charge is 0.493 e. The van der Waals surface area contributed by atoms with Crippen molar-refractivity contribution in [3.63, 3.8) is 0 Å². The van der Waals surface area contributed by atoms with Crippen LogP contribution < -0.4 is 9.47 Å². The predicted molar refractivity (Wildman–Crippen MR) is 67.6 cm³/mol. The molecule has 0 heterocycles. The SMILES string of the molecule is COC.COc1ccc(/C=C/C=O)cc1OC. The minimum Gasteiger partial charge on any atom is -0.493 e. The van der Waals surface area contributed by atoms with Crippen LogP contribution in [-0.4, -0.2) is 34.7 Å². The summed E-state index contributed by atoms with van der Waals surface area (Å²) in [7, 11) is 6.41. The van der Waals surface area contributed by atoms with Gasteiger partial charge in [0, 0.05) is 14.2 Å². The number of methoxy groups -OCH3 is 3. The average Bonchev–Trinajstić information content (AvgIpc) is 2.36. The van der Waals surface area contributed by atoms with Gasteiger partial charge in [-0.05, 0) is 23.8 Å². The van der Waals surface area contributed by atoms with E-state index in [1.54, 1.807) is 46.6 Å². The predicted octanol–water partition coefficient (Wildman–Crippen LogP) is 2.18. The smallest absolute Gasteiger partial charge is 0.161 e. The van der Waals surface area contributed by atoms with Gasteiger partial charge in [0.05, 0.1) is 14.2 Å². The van der Waals surface area contributed by atoms with Gasteiger partial charge in [0.2, 0.25) is 0 Å². The zero-order valence-corrected chi connectivity index (χ0v) is 10.6. The fourth-order valence-corrected chi connectivity index (χ4v) is 1.11. The normalized spacial score (nSPS) is 9.41. The molecule has 0 radical (unpaired) electrons. The molecule has 1 aromatic rings. The average molecular weight is 238 g/mol. The van der Waals surface area contributed by atoms with Crippen LogP contribution in [0.3, 0.4) is 0 Å². The number of allylic oxidation sites excluding steroid dienone is 1. The van der Waals surface area contributed by atoms with Crippen LogP contribution in [0.1, 0.15) is 5.56 Å². The molecule has 0 aliphatic carbocycles. The number of benzene rings is 1. The van der Waals surface area contributed by atoms with E-state index in [0.717, 1.165) is 11.8 Å². The Morgan fingerprint density at radius 2 is 1.59 bits per heavy atom. The first-order valence-electron chi connectivity index (χ1n) is 4.97. The highest BCUT2D eigenvalue weighted by Gasteiger charge is 2.01. The van der Waals surface area contributed by atoms with Gasteiger partial charge in [0.1, 0.15) is 6.29 Å². The number of hydrogen-bond acceptors (Lipinski definition) is 4. The first-order valence-corrected chi connectivity index (χ1v) is 4.97. The number of hydrogen-bond donors (Lipinski definition) is 0. The first kappa shape index (κ1) is 15.2. The van der Waals surface area contributed by atoms with Gasteiger partial charge in [-0.25, -0.2) is 0 Å². The van der Waals surface area contributed by atoms with E-state index >= 15 is 0 Å². The van der Waals surface area contributed by atoms with Crippen LogP contribution >= 0.6 is 0 Å². The number of rotatable bonds is 4. The zero-order valence-electron chi connectivity index (χ0n) is 10.6. The van der Waals surface area contributed by atoms with Crippen LogP contribution in [0.4, 0.5) is 0 Å². The third-order valence-corrected chi connectivity index (χ3v) is 1.77. The third-order valence-electron chi connectivity index (χ3n) is 1.77. The Morgan fingerprint density at radius 3 is 2.06 bits per heavy atom. The lowest BCUT2D eigenvalue weighted by molar-refractivity contribution is -0.104. The maximum atomic E-state index is 10.1. The van der Waals surface area contributed by atoms with Crippen molar-refractivity contribution in [3.05, 3.63) is 29.8 Å². The molecule has 0 bridgehead atoms. The van der Waals surface area contributed by atoms with Crippen molar-refractivity contribution in [2.24, 2.45) is 0 Å². The molecular formula is C13H18O4. The van der Waals surface area contributed by atoms with E-state index in [-0.39, 0.29) is 0 Å². The second kappa shape index (κ2) is 9.42. The number of carbonyl (C=O) groups is 1. The first-order chi connectivity index (χ1) is 8.23. The lowest BCUT2D eigenvalue weighted by atomic mass is 10.2. The molecule has 0 saturated carbocycles. The van der Waals surface area contributed by atoms with Gasteiger partial charge < -0.3 is 14.2 Å². The molecule has 94 valence electrons. The summed E-state index contributed by atoms with van der Waals surface area (Å²) >= 11 is 0. The molecule has 0 aliphatic rings. The minimum absolute atomic E-state index is 0.653. The van der Waals surface area contributed by atoms with Gasteiger partial charge in [0.25, 0.3) is 0 Å². The molecule has 1 aromatic carbocycles. The lowest BCUT2D eigenvalue weighted by Crippen LogP contribution is -1.90. The molecule has 0 atom stereocenters. The summed E-state index contributed by atoms with van der Waals surface area (Å²) in [4.78, 5) is 10.1. The molecule has 17 heavy (non-hydrogen) atoms. The molecule has 0 saturated heterocycles. The Hall–Kier alpha value is -1.81. The van der Waals surface area contributed by atoms with Crippen LogP contribution in [0.15, 0.2) is 24.3 Å². The molecule has 0 aliphatic heterocycles.